The number of hydrogen-bond donors (Lipinski definition) is 2. The fourth-order valence-corrected chi connectivity index (χ4v) is 1.64. The standard InChI is InChI=1S/C9H8IN3O4/c10-7-2-1-5(13(16)17)3-6(7)9(15)12-4-8(11)14/h1-3H,4H2,(H2,11,14)(H,12,15). The normalized spacial score (nSPS) is 9.71. The van der Waals surface area contributed by atoms with E-state index in [1.54, 1.807) is 0 Å². The highest BCUT2D eigenvalue weighted by atomic mass is 127. The lowest BCUT2D eigenvalue weighted by Crippen LogP contribution is -2.33. The minimum atomic E-state index is -0.682. The van der Waals surface area contributed by atoms with Gasteiger partial charge in [0.1, 0.15) is 0 Å². The molecule has 1 rings (SSSR count). The number of nitrogens with zero attached hydrogens (tertiary/aromatic N) is 1. The van der Waals surface area contributed by atoms with Crippen molar-refractivity contribution in [3.05, 3.63) is 37.4 Å². The summed E-state index contributed by atoms with van der Waals surface area (Å²) in [6, 6.07) is 3.91. The van der Waals surface area contributed by atoms with Crippen LogP contribution in [0.15, 0.2) is 18.2 Å². The second-order valence-electron chi connectivity index (χ2n) is 3.07. The summed E-state index contributed by atoms with van der Waals surface area (Å²) in [7, 11) is 0. The van der Waals surface area contributed by atoms with Gasteiger partial charge in [-0.1, -0.05) is 0 Å². The Bertz CT molecular complexity index is 489. The zero-order valence-electron chi connectivity index (χ0n) is 8.47. The van der Waals surface area contributed by atoms with E-state index in [0.717, 1.165) is 6.07 Å². The SMILES string of the molecule is NC(=O)CNC(=O)c1cc([N+](=O)[O-])ccc1I. The van der Waals surface area contributed by atoms with Crippen molar-refractivity contribution < 1.29 is 14.5 Å². The Labute approximate surface area is 110 Å². The summed E-state index contributed by atoms with van der Waals surface area (Å²) in [6.07, 6.45) is 0. The molecule has 0 aliphatic rings. The predicted octanol–water partition coefficient (Wildman–Crippen LogP) is 0.414. The van der Waals surface area contributed by atoms with Crippen LogP contribution in [-0.4, -0.2) is 23.3 Å². The average Bonchev–Trinajstić information content (AvgIpc) is 2.26. The molecular weight excluding hydrogens is 341 g/mol. The Hall–Kier alpha value is -1.71. The molecule has 0 aromatic heterocycles. The molecule has 0 spiro atoms. The first-order chi connectivity index (χ1) is 7.91. The molecule has 8 heteroatoms. The largest absolute Gasteiger partial charge is 0.368 e. The number of rotatable bonds is 4. The van der Waals surface area contributed by atoms with Gasteiger partial charge in [0, 0.05) is 15.7 Å². The third-order valence-corrected chi connectivity index (χ3v) is 2.77. The van der Waals surface area contributed by atoms with E-state index in [2.05, 4.69) is 5.32 Å². The van der Waals surface area contributed by atoms with Gasteiger partial charge in [0.15, 0.2) is 0 Å². The minimum Gasteiger partial charge on any atom is -0.368 e. The maximum Gasteiger partial charge on any atom is 0.270 e. The number of hydrogen-bond acceptors (Lipinski definition) is 4. The first kappa shape index (κ1) is 13.4. The quantitative estimate of drug-likeness (QED) is 0.465. The first-order valence-electron chi connectivity index (χ1n) is 4.42. The molecular formula is C9H8IN3O4. The number of non-ortho nitro benzene ring substituents is 1. The highest BCUT2D eigenvalue weighted by molar-refractivity contribution is 14.1. The van der Waals surface area contributed by atoms with Crippen LogP contribution in [0.4, 0.5) is 5.69 Å². The van der Waals surface area contributed by atoms with Crippen LogP contribution in [0.5, 0.6) is 0 Å². The fourth-order valence-electron chi connectivity index (χ4n) is 1.06. The summed E-state index contributed by atoms with van der Waals surface area (Å²) >= 11 is 1.87. The van der Waals surface area contributed by atoms with Crippen LogP contribution in [0.3, 0.4) is 0 Å². The zero-order valence-corrected chi connectivity index (χ0v) is 10.6. The van der Waals surface area contributed by atoms with Crippen molar-refractivity contribution in [3.63, 3.8) is 0 Å². The number of carbonyl (C=O) groups is 2. The number of benzene rings is 1. The Kier molecular flexibility index (Phi) is 4.37. The van der Waals surface area contributed by atoms with Crippen molar-refractivity contribution in [2.24, 2.45) is 5.73 Å². The molecule has 90 valence electrons. The number of primary amides is 1. The number of nitrogens with one attached hydrogen (secondary N) is 1. The van der Waals surface area contributed by atoms with Crippen LogP contribution in [-0.2, 0) is 4.79 Å². The fraction of sp³-hybridized carbons (Fsp3) is 0.111. The molecule has 0 atom stereocenters. The highest BCUT2D eigenvalue weighted by Gasteiger charge is 2.15. The molecule has 3 N–H and O–H groups in total. The minimum absolute atomic E-state index is 0.140. The summed E-state index contributed by atoms with van der Waals surface area (Å²) in [6.45, 7) is -0.308. The summed E-state index contributed by atoms with van der Waals surface area (Å²) < 4.78 is 0.551. The number of carbonyl (C=O) groups excluding carboxylic acids is 2. The van der Waals surface area contributed by atoms with E-state index >= 15 is 0 Å². The van der Waals surface area contributed by atoms with Crippen LogP contribution in [0.1, 0.15) is 10.4 Å². The molecule has 2 amide bonds. The molecule has 0 saturated carbocycles. The Morgan fingerprint density at radius 2 is 2.12 bits per heavy atom. The van der Waals surface area contributed by atoms with Gasteiger partial charge in [-0.3, -0.25) is 19.7 Å². The highest BCUT2D eigenvalue weighted by Crippen LogP contribution is 2.19. The Morgan fingerprint density at radius 1 is 1.47 bits per heavy atom. The monoisotopic (exact) mass is 349 g/mol. The Balaban J connectivity index is 2.95. The lowest BCUT2D eigenvalue weighted by Gasteiger charge is -2.04. The Morgan fingerprint density at radius 3 is 2.65 bits per heavy atom. The van der Waals surface area contributed by atoms with Gasteiger partial charge in [-0.25, -0.2) is 0 Å². The first-order valence-corrected chi connectivity index (χ1v) is 5.50. The lowest BCUT2D eigenvalue weighted by molar-refractivity contribution is -0.384. The van der Waals surface area contributed by atoms with E-state index < -0.39 is 16.7 Å². The molecule has 1 aromatic rings. The lowest BCUT2D eigenvalue weighted by atomic mass is 10.2. The molecule has 1 aromatic carbocycles. The van der Waals surface area contributed by atoms with Crippen molar-refractivity contribution in [1.82, 2.24) is 5.32 Å². The number of nitro benzene ring substituents is 1. The van der Waals surface area contributed by atoms with Crippen LogP contribution in [0, 0.1) is 13.7 Å². The van der Waals surface area contributed by atoms with Gasteiger partial charge in [0.05, 0.1) is 17.0 Å². The number of halogens is 1. The van der Waals surface area contributed by atoms with Gasteiger partial charge in [-0.05, 0) is 28.7 Å². The maximum absolute atomic E-state index is 11.6. The molecule has 0 heterocycles. The van der Waals surface area contributed by atoms with Gasteiger partial charge in [0.2, 0.25) is 5.91 Å². The van der Waals surface area contributed by atoms with E-state index in [0.29, 0.717) is 3.57 Å². The zero-order chi connectivity index (χ0) is 13.0. The van der Waals surface area contributed by atoms with Crippen molar-refractivity contribution >= 4 is 40.1 Å². The van der Waals surface area contributed by atoms with Crippen LogP contribution >= 0.6 is 22.6 Å². The summed E-state index contributed by atoms with van der Waals surface area (Å²) in [5.74, 6) is -1.25. The number of nitrogens with two attached hydrogens (primary N) is 1. The second kappa shape index (κ2) is 5.57. The van der Waals surface area contributed by atoms with Crippen molar-refractivity contribution in [2.75, 3.05) is 6.54 Å². The van der Waals surface area contributed by atoms with Crippen LogP contribution in [0.2, 0.25) is 0 Å². The van der Waals surface area contributed by atoms with Crippen molar-refractivity contribution in [1.29, 1.82) is 0 Å². The van der Waals surface area contributed by atoms with Crippen LogP contribution in [0.25, 0.3) is 0 Å². The van der Waals surface area contributed by atoms with Crippen molar-refractivity contribution in [3.8, 4) is 0 Å². The summed E-state index contributed by atoms with van der Waals surface area (Å²) in [4.78, 5) is 32.0. The van der Waals surface area contributed by atoms with Gasteiger partial charge in [-0.2, -0.15) is 0 Å². The van der Waals surface area contributed by atoms with E-state index in [9.17, 15) is 19.7 Å². The maximum atomic E-state index is 11.6. The van der Waals surface area contributed by atoms with E-state index in [1.807, 2.05) is 22.6 Å². The predicted molar refractivity (Wildman–Crippen MR) is 67.3 cm³/mol. The van der Waals surface area contributed by atoms with Crippen LogP contribution < -0.4 is 11.1 Å². The topological polar surface area (TPSA) is 115 Å². The molecule has 17 heavy (non-hydrogen) atoms. The number of amides is 2. The van der Waals surface area contributed by atoms with E-state index in [4.69, 9.17) is 5.73 Å². The van der Waals surface area contributed by atoms with Gasteiger partial charge >= 0.3 is 0 Å². The third kappa shape index (κ3) is 3.66. The number of nitro groups is 1. The molecule has 0 aliphatic carbocycles. The molecule has 0 unspecified atom stereocenters. The second-order valence-corrected chi connectivity index (χ2v) is 4.23. The summed E-state index contributed by atoms with van der Waals surface area (Å²) in [5, 5.41) is 12.8. The van der Waals surface area contributed by atoms with Gasteiger partial charge in [0.25, 0.3) is 11.6 Å². The third-order valence-electron chi connectivity index (χ3n) is 1.83. The van der Waals surface area contributed by atoms with Crippen molar-refractivity contribution in [2.45, 2.75) is 0 Å². The van der Waals surface area contributed by atoms with E-state index in [1.165, 1.54) is 12.1 Å². The molecule has 0 radical (unpaired) electrons. The van der Waals surface area contributed by atoms with Gasteiger partial charge < -0.3 is 11.1 Å². The smallest absolute Gasteiger partial charge is 0.270 e. The molecule has 0 aliphatic heterocycles. The molecule has 0 fully saturated rings. The van der Waals surface area contributed by atoms with Gasteiger partial charge in [-0.15, -0.1) is 0 Å². The molecule has 0 bridgehead atoms. The summed E-state index contributed by atoms with van der Waals surface area (Å²) in [5.41, 5.74) is 4.83. The molecule has 7 nitrogen and oxygen atoms in total. The average molecular weight is 349 g/mol. The molecule has 0 saturated heterocycles. The van der Waals surface area contributed by atoms with E-state index in [-0.39, 0.29) is 17.8 Å².